The van der Waals surface area contributed by atoms with E-state index in [9.17, 15) is 24.3 Å². The number of likely N-dealkylation sites (tertiary alicyclic amines) is 1. The Morgan fingerprint density at radius 1 is 1.16 bits per heavy atom. The molecule has 4 aliphatic heterocycles. The molecule has 1 aromatic carbocycles. The van der Waals surface area contributed by atoms with Crippen LogP contribution in [0.15, 0.2) is 55.6 Å². The fraction of sp³-hybridized carbons (Fsp3) is 0.632. The zero-order chi connectivity index (χ0) is 35.8. The lowest BCUT2D eigenvalue weighted by molar-refractivity contribution is -0.161. The van der Waals surface area contributed by atoms with Crippen LogP contribution in [0.5, 0.6) is 0 Å². The van der Waals surface area contributed by atoms with Crippen molar-refractivity contribution in [3.63, 3.8) is 0 Å². The number of benzene rings is 1. The topological polar surface area (TPSA) is 138 Å². The van der Waals surface area contributed by atoms with Gasteiger partial charge in [0.05, 0.1) is 50.3 Å². The Balaban J connectivity index is 1.44. The summed E-state index contributed by atoms with van der Waals surface area (Å²) in [5.41, 5.74) is -0.541. The van der Waals surface area contributed by atoms with Gasteiger partial charge in [-0.2, -0.15) is 0 Å². The first-order valence-electron chi connectivity index (χ1n) is 18.1. The number of nitrogens with zero attached hydrogens (tertiary/aromatic N) is 3. The molecule has 274 valence electrons. The van der Waals surface area contributed by atoms with Crippen LogP contribution in [0.4, 0.5) is 0 Å². The Bertz CT molecular complexity index is 1370. The van der Waals surface area contributed by atoms with Gasteiger partial charge >= 0.3 is 5.97 Å². The van der Waals surface area contributed by atoms with E-state index in [0.717, 1.165) is 13.1 Å². The number of ether oxygens (including phenoxy) is 3. The van der Waals surface area contributed by atoms with Gasteiger partial charge in [-0.25, -0.2) is 0 Å². The summed E-state index contributed by atoms with van der Waals surface area (Å²) in [6.45, 7) is 15.5. The predicted octanol–water partition coefficient (Wildman–Crippen LogP) is 2.48. The third kappa shape index (κ3) is 7.98. The predicted molar refractivity (Wildman–Crippen MR) is 187 cm³/mol. The molecule has 4 fully saturated rings. The molecule has 0 saturated carbocycles. The lowest BCUT2D eigenvalue weighted by Gasteiger charge is -2.40. The Kier molecular flexibility index (Phi) is 12.9. The van der Waals surface area contributed by atoms with Crippen LogP contribution in [0, 0.1) is 17.8 Å². The van der Waals surface area contributed by atoms with Gasteiger partial charge < -0.3 is 34.4 Å². The fourth-order valence-electron chi connectivity index (χ4n) is 8.20. The third-order valence-electron chi connectivity index (χ3n) is 10.5. The fourth-order valence-corrected chi connectivity index (χ4v) is 8.20. The first-order chi connectivity index (χ1) is 24.1. The van der Waals surface area contributed by atoms with E-state index in [2.05, 4.69) is 23.4 Å². The van der Waals surface area contributed by atoms with Crippen LogP contribution < -0.4 is 5.32 Å². The average Bonchev–Trinajstić information content (AvgIpc) is 3.77. The highest BCUT2D eigenvalue weighted by atomic mass is 16.6. The Morgan fingerprint density at radius 2 is 1.90 bits per heavy atom. The maximum atomic E-state index is 14.8. The first kappa shape index (κ1) is 37.7. The van der Waals surface area contributed by atoms with Crippen LogP contribution >= 0.6 is 0 Å². The summed E-state index contributed by atoms with van der Waals surface area (Å²) in [4.78, 5) is 61.7. The summed E-state index contributed by atoms with van der Waals surface area (Å²) in [5, 5.41) is 13.5. The third-order valence-corrected chi connectivity index (χ3v) is 10.5. The highest BCUT2D eigenvalue weighted by molar-refractivity contribution is 5.98. The monoisotopic (exact) mass is 694 g/mol. The van der Waals surface area contributed by atoms with Crippen LogP contribution in [0.2, 0.25) is 0 Å². The van der Waals surface area contributed by atoms with Gasteiger partial charge in [-0.3, -0.25) is 24.1 Å². The smallest absolute Gasteiger partial charge is 0.313 e. The lowest BCUT2D eigenvalue weighted by Crippen LogP contribution is -2.59. The van der Waals surface area contributed by atoms with Crippen molar-refractivity contribution in [2.24, 2.45) is 17.8 Å². The highest BCUT2D eigenvalue weighted by Crippen LogP contribution is 2.59. The molecule has 2 bridgehead atoms. The molecule has 0 unspecified atom stereocenters. The van der Waals surface area contributed by atoms with E-state index in [0.29, 0.717) is 57.6 Å². The van der Waals surface area contributed by atoms with Crippen LogP contribution in [-0.4, -0.2) is 126 Å². The van der Waals surface area contributed by atoms with Crippen LogP contribution in [0.3, 0.4) is 0 Å². The van der Waals surface area contributed by atoms with Crippen molar-refractivity contribution < 1.29 is 38.5 Å². The minimum atomic E-state index is -1.24. The number of amides is 3. The van der Waals surface area contributed by atoms with Crippen molar-refractivity contribution in [2.75, 3.05) is 59.1 Å². The number of allylic oxidation sites excluding steroid dienone is 1. The number of hydrogen-bond acceptors (Lipinski definition) is 9. The Labute approximate surface area is 295 Å². The van der Waals surface area contributed by atoms with Crippen LogP contribution in [0.1, 0.15) is 57.6 Å². The standard InChI is InChI=1S/C38H54N4O8/c1-5-7-13-31(44)39-24-30(27-11-9-8-10-12-27)49-37(47)32-29-14-15-38(50-29)33(32)35(45)42(28(25-43)23-26(3)4)34(38)36(46)41(16-6-2)18-17-40-19-21-48-22-20-40/h5-6,8-12,26,28-30,32-34,43H,1-2,7,13-25H2,3-4H3,(H,39,44)/t28-,29-,30+,32+,33+,34-,38+/m1/s1. The zero-order valence-electron chi connectivity index (χ0n) is 29.5. The van der Waals surface area contributed by atoms with Crippen molar-refractivity contribution in [2.45, 2.75) is 75.8 Å². The number of rotatable bonds is 18. The van der Waals surface area contributed by atoms with Crippen molar-refractivity contribution >= 4 is 23.7 Å². The van der Waals surface area contributed by atoms with E-state index >= 15 is 0 Å². The van der Waals surface area contributed by atoms with Gasteiger partial charge in [-0.1, -0.05) is 56.3 Å². The second-order valence-electron chi connectivity index (χ2n) is 14.3. The van der Waals surface area contributed by atoms with Gasteiger partial charge in [0, 0.05) is 39.1 Å². The van der Waals surface area contributed by atoms with Gasteiger partial charge in [0.2, 0.25) is 17.7 Å². The molecule has 3 amide bonds. The summed E-state index contributed by atoms with van der Waals surface area (Å²) >= 11 is 0. The van der Waals surface area contributed by atoms with Crippen LogP contribution in [-0.2, 0) is 33.4 Å². The largest absolute Gasteiger partial charge is 0.455 e. The molecule has 2 N–H and O–H groups in total. The molecular formula is C38H54N4O8. The summed E-state index contributed by atoms with van der Waals surface area (Å²) in [7, 11) is 0. The van der Waals surface area contributed by atoms with E-state index in [1.54, 1.807) is 17.1 Å². The molecular weight excluding hydrogens is 640 g/mol. The van der Waals surface area contributed by atoms with E-state index in [-0.39, 0.29) is 49.8 Å². The normalized spacial score (nSPS) is 27.1. The second-order valence-corrected chi connectivity index (χ2v) is 14.3. The molecule has 50 heavy (non-hydrogen) atoms. The van der Waals surface area contributed by atoms with E-state index in [1.807, 2.05) is 44.2 Å². The number of aliphatic hydroxyl groups is 1. The quantitative estimate of drug-likeness (QED) is 0.175. The van der Waals surface area contributed by atoms with Gasteiger partial charge in [-0.05, 0) is 37.2 Å². The molecule has 1 spiro atoms. The summed E-state index contributed by atoms with van der Waals surface area (Å²) in [6.07, 6.45) is 4.12. The molecule has 0 aromatic heterocycles. The van der Waals surface area contributed by atoms with E-state index < -0.39 is 47.7 Å². The summed E-state index contributed by atoms with van der Waals surface area (Å²) in [5.74, 6) is -3.19. The van der Waals surface area contributed by atoms with E-state index in [4.69, 9.17) is 14.2 Å². The Morgan fingerprint density at radius 3 is 2.56 bits per heavy atom. The van der Waals surface area contributed by atoms with Gasteiger partial charge in [-0.15, -0.1) is 13.2 Å². The molecule has 5 rings (SSSR count). The molecule has 4 aliphatic rings. The second kappa shape index (κ2) is 17.1. The molecule has 4 saturated heterocycles. The van der Waals surface area contributed by atoms with E-state index in [1.165, 1.54) is 4.90 Å². The van der Waals surface area contributed by atoms with Crippen molar-refractivity contribution in [1.29, 1.82) is 0 Å². The Hall–Kier alpha value is -3.58. The molecule has 0 aliphatic carbocycles. The number of morpholine rings is 1. The minimum absolute atomic E-state index is 0.0571. The summed E-state index contributed by atoms with van der Waals surface area (Å²) in [6, 6.07) is 7.52. The minimum Gasteiger partial charge on any atom is -0.455 e. The number of fused-ring (bicyclic) bond motifs is 1. The summed E-state index contributed by atoms with van der Waals surface area (Å²) < 4.78 is 18.3. The molecule has 1 aromatic rings. The van der Waals surface area contributed by atoms with Crippen LogP contribution in [0.25, 0.3) is 0 Å². The number of carbonyl (C=O) groups excluding carboxylic acids is 4. The first-order valence-corrected chi connectivity index (χ1v) is 18.1. The van der Waals surface area contributed by atoms with Gasteiger partial charge in [0.15, 0.2) is 0 Å². The molecule has 4 heterocycles. The zero-order valence-corrected chi connectivity index (χ0v) is 29.5. The number of carbonyl (C=O) groups is 4. The molecule has 12 nitrogen and oxygen atoms in total. The number of nitrogens with one attached hydrogen (secondary N) is 1. The maximum Gasteiger partial charge on any atom is 0.313 e. The SMILES string of the molecule is C=CCCC(=O)NC[C@H](OC(=O)[C@@H]1[C@H]2C(=O)N([C@@H](CO)CC(C)C)[C@H](C(=O)N(CC=C)CCN3CCOCC3)[C@]23CC[C@H]1O3)c1ccccc1. The average molecular weight is 695 g/mol. The van der Waals surface area contributed by atoms with Crippen molar-refractivity contribution in [1.82, 2.24) is 20.0 Å². The molecule has 0 radical (unpaired) electrons. The number of esters is 1. The number of aliphatic hydroxyl groups excluding tert-OH is 1. The van der Waals surface area contributed by atoms with Crippen molar-refractivity contribution in [3.8, 4) is 0 Å². The number of hydrogen-bond donors (Lipinski definition) is 2. The highest BCUT2D eigenvalue weighted by Gasteiger charge is 2.75. The lowest BCUT2D eigenvalue weighted by atomic mass is 9.70. The molecule has 7 atom stereocenters. The van der Waals surface area contributed by atoms with Crippen molar-refractivity contribution in [3.05, 3.63) is 61.2 Å². The van der Waals surface area contributed by atoms with Gasteiger partial charge in [0.25, 0.3) is 0 Å². The maximum absolute atomic E-state index is 14.8. The molecule has 12 heteroatoms. The van der Waals surface area contributed by atoms with Gasteiger partial charge in [0.1, 0.15) is 17.7 Å².